The van der Waals surface area contributed by atoms with E-state index in [2.05, 4.69) is 22.1 Å². The van der Waals surface area contributed by atoms with Crippen LogP contribution in [-0.4, -0.2) is 24.6 Å². The van der Waals surface area contributed by atoms with Crippen molar-refractivity contribution in [3.05, 3.63) is 12.0 Å². The van der Waals surface area contributed by atoms with Crippen molar-refractivity contribution in [3.63, 3.8) is 0 Å². The molecule has 1 aliphatic rings. The molecule has 0 bridgehead atoms. The Morgan fingerprint density at radius 2 is 2.40 bits per heavy atom. The summed E-state index contributed by atoms with van der Waals surface area (Å²) in [5.41, 5.74) is 0.992. The van der Waals surface area contributed by atoms with E-state index in [1.165, 1.54) is 12.8 Å². The Labute approximate surface area is 90.7 Å². The van der Waals surface area contributed by atoms with Gasteiger partial charge in [-0.15, -0.1) is 0 Å². The van der Waals surface area contributed by atoms with Gasteiger partial charge >= 0.3 is 0 Å². The van der Waals surface area contributed by atoms with E-state index in [0.717, 1.165) is 31.2 Å². The van der Waals surface area contributed by atoms with Crippen LogP contribution in [0.3, 0.4) is 0 Å². The molecule has 0 unspecified atom stereocenters. The van der Waals surface area contributed by atoms with Crippen LogP contribution in [0, 0.1) is 0 Å². The van der Waals surface area contributed by atoms with Gasteiger partial charge in [0.1, 0.15) is 6.26 Å². The Morgan fingerprint density at radius 1 is 1.60 bits per heavy atom. The number of anilines is 1. The van der Waals surface area contributed by atoms with Crippen molar-refractivity contribution in [2.75, 3.05) is 18.5 Å². The Hall–Kier alpha value is -1.03. The third-order valence-electron chi connectivity index (χ3n) is 2.67. The smallest absolute Gasteiger partial charge is 0.297 e. The summed E-state index contributed by atoms with van der Waals surface area (Å²) in [5, 5.41) is 3.31. The van der Waals surface area contributed by atoms with Crippen molar-refractivity contribution >= 4 is 6.01 Å². The predicted molar refractivity (Wildman–Crippen MR) is 59.9 cm³/mol. The molecular weight excluding hydrogens is 190 g/mol. The number of nitrogens with one attached hydrogen (secondary N) is 1. The Balaban J connectivity index is 1.85. The van der Waals surface area contributed by atoms with Crippen LogP contribution in [0.1, 0.15) is 31.9 Å². The van der Waals surface area contributed by atoms with Crippen molar-refractivity contribution in [1.29, 1.82) is 0 Å². The first-order valence-electron chi connectivity index (χ1n) is 5.69. The van der Waals surface area contributed by atoms with Crippen molar-refractivity contribution in [2.24, 2.45) is 0 Å². The summed E-state index contributed by atoms with van der Waals surface area (Å²) in [7, 11) is 2.05. The first-order chi connectivity index (χ1) is 7.31. The highest BCUT2D eigenvalue weighted by Gasteiger charge is 2.28. The van der Waals surface area contributed by atoms with E-state index in [1.54, 1.807) is 6.26 Å². The second-order valence-electron chi connectivity index (χ2n) is 4.14. The number of hydrogen-bond acceptors (Lipinski definition) is 4. The number of aromatic nitrogens is 1. The lowest BCUT2D eigenvalue weighted by Gasteiger charge is -2.11. The van der Waals surface area contributed by atoms with Crippen molar-refractivity contribution < 1.29 is 4.42 Å². The molecule has 1 fully saturated rings. The van der Waals surface area contributed by atoms with Crippen molar-refractivity contribution in [1.82, 2.24) is 10.3 Å². The van der Waals surface area contributed by atoms with Gasteiger partial charge in [0, 0.05) is 19.6 Å². The fourth-order valence-electron chi connectivity index (χ4n) is 1.55. The van der Waals surface area contributed by atoms with Gasteiger partial charge in [0.25, 0.3) is 6.01 Å². The highest BCUT2D eigenvalue weighted by atomic mass is 16.4. The van der Waals surface area contributed by atoms with Crippen LogP contribution in [0.15, 0.2) is 10.7 Å². The minimum Gasteiger partial charge on any atom is -0.432 e. The molecule has 1 saturated carbocycles. The van der Waals surface area contributed by atoms with Gasteiger partial charge in [-0.1, -0.05) is 6.92 Å². The summed E-state index contributed by atoms with van der Waals surface area (Å²) in [6.07, 6.45) is 5.42. The summed E-state index contributed by atoms with van der Waals surface area (Å²) >= 11 is 0. The highest BCUT2D eigenvalue weighted by molar-refractivity contribution is 5.29. The molecule has 1 N–H and O–H groups in total. The molecule has 1 heterocycles. The van der Waals surface area contributed by atoms with Gasteiger partial charge in [0.2, 0.25) is 0 Å². The van der Waals surface area contributed by atoms with E-state index in [1.807, 2.05) is 7.05 Å². The fraction of sp³-hybridized carbons (Fsp3) is 0.727. The van der Waals surface area contributed by atoms with E-state index in [9.17, 15) is 0 Å². The first kappa shape index (κ1) is 10.5. The topological polar surface area (TPSA) is 41.3 Å². The minimum absolute atomic E-state index is 0.653. The Kier molecular flexibility index (Phi) is 3.26. The molecule has 2 rings (SSSR count). The molecule has 0 saturated heterocycles. The van der Waals surface area contributed by atoms with Gasteiger partial charge in [-0.05, 0) is 25.8 Å². The SMILES string of the molecule is CCCNCc1coc(N(C)C2CC2)n1. The maximum absolute atomic E-state index is 5.43. The largest absolute Gasteiger partial charge is 0.432 e. The average molecular weight is 209 g/mol. The number of oxazole rings is 1. The first-order valence-corrected chi connectivity index (χ1v) is 5.69. The normalized spacial score (nSPS) is 15.6. The molecule has 0 atom stereocenters. The minimum atomic E-state index is 0.653. The highest BCUT2D eigenvalue weighted by Crippen LogP contribution is 2.29. The third-order valence-corrected chi connectivity index (χ3v) is 2.67. The summed E-state index contributed by atoms with van der Waals surface area (Å²) < 4.78 is 5.43. The molecule has 0 spiro atoms. The molecule has 1 aliphatic carbocycles. The molecule has 0 radical (unpaired) electrons. The molecular formula is C11H19N3O. The third kappa shape index (κ3) is 2.72. The summed E-state index contributed by atoms with van der Waals surface area (Å²) in [4.78, 5) is 6.57. The van der Waals surface area contributed by atoms with Gasteiger partial charge in [-0.2, -0.15) is 4.98 Å². The van der Waals surface area contributed by atoms with Gasteiger partial charge in [0.05, 0.1) is 5.69 Å². The Bertz CT molecular complexity index is 307. The lowest BCUT2D eigenvalue weighted by molar-refractivity contribution is 0.542. The quantitative estimate of drug-likeness (QED) is 0.725. The molecule has 15 heavy (non-hydrogen) atoms. The van der Waals surface area contributed by atoms with Gasteiger partial charge in [-0.25, -0.2) is 0 Å². The molecule has 84 valence electrons. The fourth-order valence-corrected chi connectivity index (χ4v) is 1.55. The van der Waals surface area contributed by atoms with Crippen LogP contribution in [-0.2, 0) is 6.54 Å². The van der Waals surface area contributed by atoms with Crippen LogP contribution in [0.25, 0.3) is 0 Å². The number of hydrogen-bond donors (Lipinski definition) is 1. The molecule has 1 aromatic rings. The van der Waals surface area contributed by atoms with Crippen molar-refractivity contribution in [3.8, 4) is 0 Å². The second-order valence-corrected chi connectivity index (χ2v) is 4.14. The van der Waals surface area contributed by atoms with Crippen molar-refractivity contribution in [2.45, 2.75) is 38.8 Å². The van der Waals surface area contributed by atoms with Gasteiger partial charge in [-0.3, -0.25) is 0 Å². The molecule has 4 nitrogen and oxygen atoms in total. The molecule has 4 heteroatoms. The van der Waals surface area contributed by atoms with E-state index < -0.39 is 0 Å². The summed E-state index contributed by atoms with van der Waals surface area (Å²) in [6, 6.07) is 1.41. The van der Waals surface area contributed by atoms with Gasteiger partial charge < -0.3 is 14.6 Å². The standard InChI is InChI=1S/C11H19N3O/c1-3-6-12-7-9-8-15-11(13-9)14(2)10-4-5-10/h8,10,12H,3-7H2,1-2H3. The predicted octanol–water partition coefficient (Wildman–Crippen LogP) is 1.77. The average Bonchev–Trinajstić information content (AvgIpc) is 2.98. The molecule has 1 aromatic heterocycles. The second kappa shape index (κ2) is 4.66. The maximum Gasteiger partial charge on any atom is 0.297 e. The monoisotopic (exact) mass is 209 g/mol. The Morgan fingerprint density at radius 3 is 3.07 bits per heavy atom. The summed E-state index contributed by atoms with van der Waals surface area (Å²) in [6.45, 7) is 3.98. The van der Waals surface area contributed by atoms with Crippen LogP contribution in [0.2, 0.25) is 0 Å². The molecule has 0 amide bonds. The zero-order chi connectivity index (χ0) is 10.7. The lowest BCUT2D eigenvalue weighted by atomic mass is 10.4. The van der Waals surface area contributed by atoms with Crippen LogP contribution < -0.4 is 10.2 Å². The number of rotatable bonds is 6. The van der Waals surface area contributed by atoms with Gasteiger partial charge in [0.15, 0.2) is 0 Å². The van der Waals surface area contributed by atoms with Crippen LogP contribution in [0.4, 0.5) is 6.01 Å². The van der Waals surface area contributed by atoms with Crippen LogP contribution in [0.5, 0.6) is 0 Å². The van der Waals surface area contributed by atoms with E-state index >= 15 is 0 Å². The molecule has 0 aromatic carbocycles. The zero-order valence-electron chi connectivity index (χ0n) is 9.49. The van der Waals surface area contributed by atoms with Crippen LogP contribution >= 0.6 is 0 Å². The van der Waals surface area contributed by atoms with E-state index in [4.69, 9.17) is 4.42 Å². The maximum atomic E-state index is 5.43. The van der Waals surface area contributed by atoms with E-state index in [-0.39, 0.29) is 0 Å². The lowest BCUT2D eigenvalue weighted by Crippen LogP contribution is -2.20. The van der Waals surface area contributed by atoms with E-state index in [0.29, 0.717) is 6.04 Å². The number of nitrogens with zero attached hydrogens (tertiary/aromatic N) is 2. The summed E-state index contributed by atoms with van der Waals surface area (Å²) in [5.74, 6) is 0. The zero-order valence-corrected chi connectivity index (χ0v) is 9.49. The molecule has 0 aliphatic heterocycles.